The molecule has 0 saturated heterocycles. The molecule has 178 valence electrons. The highest BCUT2D eigenvalue weighted by molar-refractivity contribution is 6.36. The number of hydrogen-bond donors (Lipinski definition) is 2. The Balaban J connectivity index is 1.68. The first kappa shape index (κ1) is 23.7. The molecule has 1 aliphatic rings. The number of amides is 1. The molecule has 0 spiro atoms. The van der Waals surface area contributed by atoms with Crippen molar-refractivity contribution in [1.82, 2.24) is 20.3 Å². The lowest BCUT2D eigenvalue weighted by Gasteiger charge is -2.37. The third-order valence-electron chi connectivity index (χ3n) is 5.85. The summed E-state index contributed by atoms with van der Waals surface area (Å²) in [5.74, 6) is 0.184. The fraction of sp³-hybridized carbons (Fsp3) is 0.192. The molecule has 5 rings (SSSR count). The van der Waals surface area contributed by atoms with Gasteiger partial charge in [0.05, 0.1) is 29.3 Å². The van der Waals surface area contributed by atoms with Crippen LogP contribution in [-0.2, 0) is 0 Å². The molecule has 6 nitrogen and oxygen atoms in total. The van der Waals surface area contributed by atoms with Crippen molar-refractivity contribution in [1.29, 1.82) is 0 Å². The number of hydrogen-bond acceptors (Lipinski definition) is 4. The van der Waals surface area contributed by atoms with E-state index in [1.54, 1.807) is 12.1 Å². The van der Waals surface area contributed by atoms with Gasteiger partial charge in [0, 0.05) is 33.2 Å². The van der Waals surface area contributed by atoms with Crippen LogP contribution in [-0.4, -0.2) is 26.5 Å². The number of carbonyl (C=O) groups is 1. The van der Waals surface area contributed by atoms with E-state index in [4.69, 9.17) is 44.5 Å². The fourth-order valence-corrected chi connectivity index (χ4v) is 4.85. The Bertz CT molecular complexity index is 1400. The van der Waals surface area contributed by atoms with Crippen molar-refractivity contribution < 1.29 is 9.53 Å². The number of ether oxygens (including phenoxy) is 1. The SMILES string of the molecule is CC1(C)C[C@@H](NC(=O)c2cnc[nH]2)c2cc(-c3ccc(Cl)cc3)c(-c3ccc(Cl)cc3Cl)nc2O1. The Hall–Kier alpha value is -3.06. The Morgan fingerprint density at radius 1 is 1.06 bits per heavy atom. The highest BCUT2D eigenvalue weighted by Crippen LogP contribution is 2.45. The maximum Gasteiger partial charge on any atom is 0.269 e. The molecule has 0 bridgehead atoms. The summed E-state index contributed by atoms with van der Waals surface area (Å²) >= 11 is 18.9. The number of aromatic nitrogens is 3. The Labute approximate surface area is 217 Å². The largest absolute Gasteiger partial charge is 0.471 e. The van der Waals surface area contributed by atoms with Gasteiger partial charge in [0.2, 0.25) is 5.88 Å². The second kappa shape index (κ2) is 9.19. The standard InChI is InChI=1S/C26H21Cl3N4O2/c1-26(2)11-21(32-24(34)22-12-30-13-31-22)19-10-18(14-3-5-15(27)6-4-14)23(33-25(19)35-26)17-8-7-16(28)9-20(17)29/h3-10,12-13,21H,11H2,1-2H3,(H,30,31)(H,32,34)/t21-/m1/s1. The van der Waals surface area contributed by atoms with Gasteiger partial charge in [-0.2, -0.15) is 0 Å². The molecule has 2 aromatic carbocycles. The summed E-state index contributed by atoms with van der Waals surface area (Å²) in [5, 5.41) is 4.73. The van der Waals surface area contributed by atoms with Crippen LogP contribution in [0.5, 0.6) is 5.88 Å². The summed E-state index contributed by atoms with van der Waals surface area (Å²) in [5.41, 5.74) is 3.68. The van der Waals surface area contributed by atoms with E-state index >= 15 is 0 Å². The minimum atomic E-state index is -0.561. The zero-order chi connectivity index (χ0) is 24.7. The van der Waals surface area contributed by atoms with Crippen molar-refractivity contribution in [3.8, 4) is 28.3 Å². The van der Waals surface area contributed by atoms with Crippen LogP contribution in [0.25, 0.3) is 22.4 Å². The number of H-pyrrole nitrogens is 1. The maximum atomic E-state index is 12.9. The van der Waals surface area contributed by atoms with Crippen LogP contribution in [0.15, 0.2) is 61.1 Å². The molecule has 1 amide bonds. The predicted molar refractivity (Wildman–Crippen MR) is 138 cm³/mol. The molecule has 1 atom stereocenters. The lowest BCUT2D eigenvalue weighted by Crippen LogP contribution is -2.41. The molecule has 0 aliphatic carbocycles. The van der Waals surface area contributed by atoms with Crippen molar-refractivity contribution in [2.45, 2.75) is 31.9 Å². The summed E-state index contributed by atoms with van der Waals surface area (Å²) in [6, 6.07) is 14.4. The van der Waals surface area contributed by atoms with Crippen LogP contribution in [0.3, 0.4) is 0 Å². The fourth-order valence-electron chi connectivity index (χ4n) is 4.23. The van der Waals surface area contributed by atoms with E-state index in [-0.39, 0.29) is 11.9 Å². The maximum absolute atomic E-state index is 12.9. The van der Waals surface area contributed by atoms with Gasteiger partial charge >= 0.3 is 0 Å². The van der Waals surface area contributed by atoms with Gasteiger partial charge in [0.1, 0.15) is 11.3 Å². The first-order chi connectivity index (χ1) is 16.7. The molecule has 1 aliphatic heterocycles. The molecule has 4 aromatic rings. The number of imidazole rings is 1. The number of carbonyl (C=O) groups excluding carboxylic acids is 1. The Morgan fingerprint density at radius 2 is 1.80 bits per heavy atom. The Kier molecular flexibility index (Phi) is 6.21. The highest BCUT2D eigenvalue weighted by atomic mass is 35.5. The first-order valence-corrected chi connectivity index (χ1v) is 12.1. The van der Waals surface area contributed by atoms with E-state index in [0.717, 1.165) is 16.7 Å². The van der Waals surface area contributed by atoms with Gasteiger partial charge in [-0.3, -0.25) is 4.79 Å². The van der Waals surface area contributed by atoms with Gasteiger partial charge in [-0.1, -0.05) is 46.9 Å². The van der Waals surface area contributed by atoms with Crippen LogP contribution >= 0.6 is 34.8 Å². The molecule has 9 heteroatoms. The molecular weight excluding hydrogens is 507 g/mol. The summed E-state index contributed by atoms with van der Waals surface area (Å²) in [7, 11) is 0. The minimum absolute atomic E-state index is 0.256. The van der Waals surface area contributed by atoms with Gasteiger partial charge in [-0.15, -0.1) is 0 Å². The monoisotopic (exact) mass is 526 g/mol. The number of benzene rings is 2. The van der Waals surface area contributed by atoms with E-state index in [1.165, 1.54) is 12.5 Å². The van der Waals surface area contributed by atoms with E-state index in [0.29, 0.717) is 44.3 Å². The van der Waals surface area contributed by atoms with Gasteiger partial charge in [-0.25, -0.2) is 9.97 Å². The molecular formula is C26H21Cl3N4O2. The average Bonchev–Trinajstić information content (AvgIpc) is 3.34. The first-order valence-electron chi connectivity index (χ1n) is 10.9. The zero-order valence-corrected chi connectivity index (χ0v) is 21.2. The number of nitrogens with one attached hydrogen (secondary N) is 2. The molecule has 2 N–H and O–H groups in total. The summed E-state index contributed by atoms with van der Waals surface area (Å²) < 4.78 is 6.28. The number of aromatic amines is 1. The molecule has 0 fully saturated rings. The van der Waals surface area contributed by atoms with Crippen LogP contribution in [0.2, 0.25) is 15.1 Å². The van der Waals surface area contributed by atoms with Gasteiger partial charge in [0.15, 0.2) is 0 Å². The summed E-state index contributed by atoms with van der Waals surface area (Å²) in [6.45, 7) is 3.93. The molecule has 0 radical (unpaired) electrons. The van der Waals surface area contributed by atoms with Gasteiger partial charge in [0.25, 0.3) is 5.91 Å². The second-order valence-corrected chi connectivity index (χ2v) is 10.2. The van der Waals surface area contributed by atoms with Crippen LogP contribution < -0.4 is 10.1 Å². The smallest absolute Gasteiger partial charge is 0.269 e. The van der Waals surface area contributed by atoms with Gasteiger partial charge < -0.3 is 15.0 Å². The number of fused-ring (bicyclic) bond motifs is 1. The second-order valence-electron chi connectivity index (χ2n) is 8.97. The third-order valence-corrected chi connectivity index (χ3v) is 6.65. The lowest BCUT2D eigenvalue weighted by atomic mass is 9.88. The number of halogens is 3. The molecule has 0 unspecified atom stereocenters. The number of nitrogens with zero attached hydrogens (tertiary/aromatic N) is 2. The molecule has 3 heterocycles. The number of rotatable bonds is 4. The summed E-state index contributed by atoms with van der Waals surface area (Å²) in [4.78, 5) is 24.6. The van der Waals surface area contributed by atoms with E-state index in [2.05, 4.69) is 15.3 Å². The Morgan fingerprint density at radius 3 is 2.49 bits per heavy atom. The number of pyridine rings is 1. The lowest BCUT2D eigenvalue weighted by molar-refractivity contribution is 0.0571. The van der Waals surface area contributed by atoms with Crippen molar-refractivity contribution in [3.63, 3.8) is 0 Å². The van der Waals surface area contributed by atoms with Crippen LogP contribution in [0, 0.1) is 0 Å². The minimum Gasteiger partial charge on any atom is -0.471 e. The van der Waals surface area contributed by atoms with Crippen molar-refractivity contribution in [3.05, 3.63) is 87.4 Å². The van der Waals surface area contributed by atoms with E-state index in [1.807, 2.05) is 50.2 Å². The van der Waals surface area contributed by atoms with Crippen molar-refractivity contribution >= 4 is 40.7 Å². The van der Waals surface area contributed by atoms with Crippen LogP contribution in [0.1, 0.15) is 42.4 Å². The molecule has 2 aromatic heterocycles. The molecule has 0 saturated carbocycles. The topological polar surface area (TPSA) is 79.9 Å². The quantitative estimate of drug-likeness (QED) is 0.296. The van der Waals surface area contributed by atoms with Crippen molar-refractivity contribution in [2.24, 2.45) is 0 Å². The third kappa shape index (κ3) is 4.87. The summed E-state index contributed by atoms with van der Waals surface area (Å²) in [6.07, 6.45) is 3.52. The predicted octanol–water partition coefficient (Wildman–Crippen LogP) is 7.13. The normalized spacial score (nSPS) is 16.3. The average molecular weight is 528 g/mol. The van der Waals surface area contributed by atoms with Crippen LogP contribution in [0.4, 0.5) is 0 Å². The highest BCUT2D eigenvalue weighted by Gasteiger charge is 2.37. The van der Waals surface area contributed by atoms with E-state index in [9.17, 15) is 4.79 Å². The van der Waals surface area contributed by atoms with Crippen molar-refractivity contribution in [2.75, 3.05) is 0 Å². The molecule has 35 heavy (non-hydrogen) atoms. The zero-order valence-electron chi connectivity index (χ0n) is 18.9. The van der Waals surface area contributed by atoms with E-state index < -0.39 is 5.60 Å². The van der Waals surface area contributed by atoms with Gasteiger partial charge in [-0.05, 0) is 55.8 Å².